The van der Waals surface area contributed by atoms with Crippen molar-refractivity contribution in [2.45, 2.75) is 32.6 Å². The van der Waals surface area contributed by atoms with Gasteiger partial charge in [0, 0.05) is 5.92 Å². The van der Waals surface area contributed by atoms with E-state index in [0.29, 0.717) is 0 Å². The number of nitriles is 1. The summed E-state index contributed by atoms with van der Waals surface area (Å²) in [5.41, 5.74) is 0.936. The highest BCUT2D eigenvalue weighted by Crippen LogP contribution is 2.30. The smallest absolute Gasteiger partial charge is 0.380 e. The number of hydrogen-bond acceptors (Lipinski definition) is 3. The van der Waals surface area contributed by atoms with Crippen molar-refractivity contribution in [1.29, 1.82) is 5.26 Å². The third-order valence-electron chi connectivity index (χ3n) is 6.34. The molecule has 3 aromatic carbocycles. The van der Waals surface area contributed by atoms with Gasteiger partial charge in [-0.25, -0.2) is 0 Å². The van der Waals surface area contributed by atoms with Gasteiger partial charge in [0.1, 0.15) is 0 Å². The molecule has 2 atom stereocenters. The third kappa shape index (κ3) is 4.33. The third-order valence-corrected chi connectivity index (χ3v) is 10.1. The van der Waals surface area contributed by atoms with Crippen LogP contribution in [0.3, 0.4) is 0 Å². The van der Waals surface area contributed by atoms with Crippen LogP contribution in [0.25, 0.3) is 0 Å². The predicted molar refractivity (Wildman–Crippen MR) is 129 cm³/mol. The first-order valence-corrected chi connectivity index (χ1v) is 13.0. The second kappa shape index (κ2) is 9.76. The summed E-state index contributed by atoms with van der Waals surface area (Å²) in [7, 11) is -2.85. The fourth-order valence-electron chi connectivity index (χ4n) is 4.67. The quantitative estimate of drug-likeness (QED) is 0.255. The van der Waals surface area contributed by atoms with Gasteiger partial charge in [0.25, 0.3) is 0 Å². The maximum absolute atomic E-state index is 9.64. The normalized spacial score (nSPS) is 19.4. The fourth-order valence-corrected chi connectivity index (χ4v) is 8.25. The summed E-state index contributed by atoms with van der Waals surface area (Å²) in [6.45, 7) is 2.03. The Bertz CT molecular complexity index is 948. The van der Waals surface area contributed by atoms with Gasteiger partial charge in [-0.15, -0.1) is 5.16 Å². The van der Waals surface area contributed by atoms with Crippen LogP contribution in [0.1, 0.15) is 32.6 Å². The first-order chi connectivity index (χ1) is 15.3. The Morgan fingerprint density at radius 1 is 0.806 bits per heavy atom. The lowest BCUT2D eigenvalue weighted by atomic mass is 9.78. The Labute approximate surface area is 186 Å². The van der Waals surface area contributed by atoms with E-state index in [0.717, 1.165) is 47.0 Å². The Morgan fingerprint density at radius 3 is 1.71 bits per heavy atom. The van der Waals surface area contributed by atoms with E-state index in [1.165, 1.54) is 0 Å². The van der Waals surface area contributed by atoms with Gasteiger partial charge < -0.3 is 4.53 Å². The Hall–Kier alpha value is -3.16. The largest absolute Gasteiger partial charge is 0.438 e. The van der Waals surface area contributed by atoms with E-state index < -0.39 is 8.32 Å². The number of rotatable bonds is 6. The highest BCUT2D eigenvalue weighted by molar-refractivity contribution is 7.07. The van der Waals surface area contributed by atoms with E-state index in [-0.39, 0.29) is 11.8 Å². The molecule has 1 aliphatic rings. The van der Waals surface area contributed by atoms with Crippen molar-refractivity contribution in [3.05, 3.63) is 91.0 Å². The lowest BCUT2D eigenvalue weighted by Crippen LogP contribution is -2.68. The molecule has 0 aliphatic heterocycles. The topological polar surface area (TPSA) is 45.4 Å². The van der Waals surface area contributed by atoms with Crippen molar-refractivity contribution < 1.29 is 4.53 Å². The number of nitrogens with zero attached hydrogens (tertiary/aromatic N) is 2. The summed E-state index contributed by atoms with van der Waals surface area (Å²) in [6.07, 6.45) is 4.23. The van der Waals surface area contributed by atoms with E-state index in [1.54, 1.807) is 0 Å². The lowest BCUT2D eigenvalue weighted by Gasteiger charge is -2.32. The van der Waals surface area contributed by atoms with Crippen molar-refractivity contribution in [3.8, 4) is 6.07 Å². The Balaban J connectivity index is 1.84. The summed E-state index contributed by atoms with van der Waals surface area (Å²) in [4.78, 5) is 0. The molecule has 0 N–H and O–H groups in total. The van der Waals surface area contributed by atoms with E-state index in [9.17, 15) is 5.26 Å². The second-order valence-corrected chi connectivity index (χ2v) is 11.5. The summed E-state index contributed by atoms with van der Waals surface area (Å²) in [5.74, 6) is 0.204. The van der Waals surface area contributed by atoms with Gasteiger partial charge in [-0.05, 0) is 35.3 Å². The van der Waals surface area contributed by atoms with Gasteiger partial charge in [-0.2, -0.15) is 5.26 Å². The molecule has 156 valence electrons. The summed E-state index contributed by atoms with van der Waals surface area (Å²) < 4.78 is 6.71. The van der Waals surface area contributed by atoms with E-state index in [2.05, 4.69) is 78.9 Å². The van der Waals surface area contributed by atoms with E-state index >= 15 is 0 Å². The van der Waals surface area contributed by atoms with Gasteiger partial charge >= 0.3 is 8.32 Å². The molecule has 0 aromatic heterocycles. The van der Waals surface area contributed by atoms with Crippen LogP contribution in [0.15, 0.2) is 96.2 Å². The maximum Gasteiger partial charge on any atom is 0.380 e. The molecule has 0 saturated heterocycles. The molecule has 2 unspecified atom stereocenters. The second-order valence-electron chi connectivity index (χ2n) is 8.23. The highest BCUT2D eigenvalue weighted by Gasteiger charge is 2.45. The summed E-state index contributed by atoms with van der Waals surface area (Å²) >= 11 is 0. The van der Waals surface area contributed by atoms with Crippen LogP contribution in [0, 0.1) is 23.2 Å². The first-order valence-electron chi connectivity index (χ1n) is 11.0. The van der Waals surface area contributed by atoms with E-state index in [4.69, 9.17) is 9.68 Å². The zero-order valence-electron chi connectivity index (χ0n) is 17.9. The molecule has 4 heteroatoms. The molecule has 3 nitrogen and oxygen atoms in total. The molecule has 0 spiro atoms. The minimum Gasteiger partial charge on any atom is -0.438 e. The molecule has 0 bridgehead atoms. The van der Waals surface area contributed by atoms with Crippen LogP contribution in [-0.4, -0.2) is 14.0 Å². The molecule has 0 radical (unpaired) electrons. The molecular weight excluding hydrogens is 396 g/mol. The van der Waals surface area contributed by atoms with Gasteiger partial charge in [0.15, 0.2) is 0 Å². The predicted octanol–water partition coefficient (Wildman–Crippen LogP) is 4.38. The average molecular weight is 425 g/mol. The Morgan fingerprint density at radius 2 is 1.26 bits per heavy atom. The Kier molecular flexibility index (Phi) is 6.64. The van der Waals surface area contributed by atoms with Gasteiger partial charge in [0.2, 0.25) is 0 Å². The first kappa shape index (κ1) is 21.1. The van der Waals surface area contributed by atoms with Crippen LogP contribution in [0.5, 0.6) is 0 Å². The zero-order valence-corrected chi connectivity index (χ0v) is 18.9. The molecule has 0 amide bonds. The van der Waals surface area contributed by atoms with Gasteiger partial charge in [-0.1, -0.05) is 104 Å². The van der Waals surface area contributed by atoms with Crippen molar-refractivity contribution in [1.82, 2.24) is 0 Å². The SMILES string of the molecule is C/C(=N\O[Si](c1ccccc1)(c1ccccc1)c1ccccc1)C1CCCCC1C#N. The van der Waals surface area contributed by atoms with Crippen LogP contribution in [0.4, 0.5) is 0 Å². The van der Waals surface area contributed by atoms with Crippen LogP contribution < -0.4 is 15.6 Å². The molecule has 3 aromatic rings. The van der Waals surface area contributed by atoms with Gasteiger partial charge in [0.05, 0.1) is 17.7 Å². The summed E-state index contributed by atoms with van der Waals surface area (Å²) in [6, 6.07) is 33.9. The highest BCUT2D eigenvalue weighted by atomic mass is 28.4. The summed E-state index contributed by atoms with van der Waals surface area (Å²) in [5, 5.41) is 17.9. The lowest BCUT2D eigenvalue weighted by molar-refractivity contribution is 0.321. The van der Waals surface area contributed by atoms with Crippen molar-refractivity contribution in [2.24, 2.45) is 17.0 Å². The number of hydrogen-bond donors (Lipinski definition) is 0. The minimum atomic E-state index is -2.85. The monoisotopic (exact) mass is 424 g/mol. The molecular formula is C27H28N2OSi. The molecule has 1 fully saturated rings. The zero-order chi connectivity index (χ0) is 21.5. The van der Waals surface area contributed by atoms with Crippen LogP contribution in [0.2, 0.25) is 0 Å². The maximum atomic E-state index is 9.64. The number of benzene rings is 3. The molecule has 0 heterocycles. The fraction of sp³-hybridized carbons (Fsp3) is 0.259. The minimum absolute atomic E-state index is 0.0299. The molecule has 31 heavy (non-hydrogen) atoms. The van der Waals surface area contributed by atoms with Crippen molar-refractivity contribution >= 4 is 29.6 Å². The molecule has 1 saturated carbocycles. The van der Waals surface area contributed by atoms with Crippen LogP contribution >= 0.6 is 0 Å². The van der Waals surface area contributed by atoms with E-state index in [1.807, 2.05) is 25.1 Å². The average Bonchev–Trinajstić information content (AvgIpc) is 2.86. The van der Waals surface area contributed by atoms with Gasteiger partial charge in [-0.3, -0.25) is 0 Å². The van der Waals surface area contributed by atoms with Crippen molar-refractivity contribution in [3.63, 3.8) is 0 Å². The number of oxime groups is 1. The van der Waals surface area contributed by atoms with Crippen LogP contribution in [-0.2, 0) is 4.53 Å². The molecule has 4 rings (SSSR count). The van der Waals surface area contributed by atoms with Crippen molar-refractivity contribution in [2.75, 3.05) is 0 Å². The molecule has 1 aliphatic carbocycles. The standard InChI is InChI=1S/C27H28N2OSi/c1-22(27-20-12-11-13-23(27)21-28)29-30-31(24-14-5-2-6-15-24,25-16-7-3-8-17-25)26-18-9-4-10-19-26/h2-10,14-19,23,27H,11-13,20H2,1H3/b29-22+.